The Balaban J connectivity index is 1.12. The molecule has 168 valence electrons. The van der Waals surface area contributed by atoms with Gasteiger partial charge in [-0.2, -0.15) is 5.10 Å². The van der Waals surface area contributed by atoms with E-state index in [9.17, 15) is 5.11 Å². The van der Waals surface area contributed by atoms with Gasteiger partial charge in [-0.05, 0) is 23.8 Å². The molecule has 1 aromatic heterocycles. The number of hydrogen-bond acceptors (Lipinski definition) is 7. The minimum atomic E-state index is -0.529. The molecule has 0 amide bonds. The van der Waals surface area contributed by atoms with Crippen LogP contribution in [-0.4, -0.2) is 90.4 Å². The van der Waals surface area contributed by atoms with Gasteiger partial charge >= 0.3 is 0 Å². The first-order chi connectivity index (χ1) is 15.2. The number of methoxy groups -OCH3 is 1. The third-order valence-electron chi connectivity index (χ3n) is 6.69. The number of benzene rings is 1. The molecule has 0 radical (unpaired) electrons. The fraction of sp³-hybridized carbons (Fsp3) is 0.609. The van der Waals surface area contributed by atoms with Gasteiger partial charge in [-0.3, -0.25) is 14.5 Å². The van der Waals surface area contributed by atoms with Crippen molar-refractivity contribution in [2.24, 2.45) is 11.8 Å². The quantitative estimate of drug-likeness (QED) is 0.645. The molecule has 3 aliphatic heterocycles. The lowest BCUT2D eigenvalue weighted by Crippen LogP contribution is -2.47. The van der Waals surface area contributed by atoms with Crippen LogP contribution < -0.4 is 9.47 Å². The largest absolute Gasteiger partial charge is 0.493 e. The number of aliphatic hydroxyl groups excluding tert-OH is 1. The number of likely N-dealkylation sites (tertiary alicyclic amines) is 2. The molecule has 5 rings (SSSR count). The molecule has 1 N–H and O–H groups in total. The standard InChI is InChI=1S/C23H32N4O4/c1-29-22-4-3-17(8-25-11-20(12-25)27-6-2-5-24-27)7-23(22)31-16-21(28)13-26-9-18-14-30-15-19(18)10-26/h2-7,18-21,28H,8-16H2,1H3/t18-,19+,21?. The van der Waals surface area contributed by atoms with E-state index in [1.165, 1.54) is 5.56 Å². The zero-order valence-corrected chi connectivity index (χ0v) is 18.1. The molecule has 0 aliphatic carbocycles. The number of aliphatic hydroxyl groups is 1. The van der Waals surface area contributed by atoms with Crippen molar-refractivity contribution in [1.29, 1.82) is 0 Å². The highest BCUT2D eigenvalue weighted by Crippen LogP contribution is 2.31. The van der Waals surface area contributed by atoms with Crippen molar-refractivity contribution in [2.45, 2.75) is 18.7 Å². The number of fused-ring (bicyclic) bond motifs is 1. The highest BCUT2D eigenvalue weighted by atomic mass is 16.5. The Bertz CT molecular complexity index is 843. The highest BCUT2D eigenvalue weighted by molar-refractivity contribution is 5.43. The van der Waals surface area contributed by atoms with Crippen molar-refractivity contribution in [3.05, 3.63) is 42.2 Å². The van der Waals surface area contributed by atoms with E-state index in [2.05, 4.69) is 21.0 Å². The van der Waals surface area contributed by atoms with Crippen LogP contribution in [0.1, 0.15) is 11.6 Å². The van der Waals surface area contributed by atoms with Gasteiger partial charge in [-0.15, -0.1) is 0 Å². The minimum absolute atomic E-state index is 0.257. The molecule has 3 fully saturated rings. The number of rotatable bonds is 9. The summed E-state index contributed by atoms with van der Waals surface area (Å²) in [6.07, 6.45) is 3.32. The maximum atomic E-state index is 10.5. The van der Waals surface area contributed by atoms with E-state index in [0.717, 1.165) is 45.9 Å². The number of ether oxygens (including phenoxy) is 3. The lowest BCUT2D eigenvalue weighted by atomic mass is 10.0. The van der Waals surface area contributed by atoms with E-state index >= 15 is 0 Å². The van der Waals surface area contributed by atoms with Crippen LogP contribution in [-0.2, 0) is 11.3 Å². The summed E-state index contributed by atoms with van der Waals surface area (Å²) in [6.45, 7) is 7.47. The molecule has 3 saturated heterocycles. The summed E-state index contributed by atoms with van der Waals surface area (Å²) >= 11 is 0. The number of hydrogen-bond donors (Lipinski definition) is 1. The monoisotopic (exact) mass is 428 g/mol. The maximum Gasteiger partial charge on any atom is 0.161 e. The Kier molecular flexibility index (Phi) is 6.13. The fourth-order valence-electron chi connectivity index (χ4n) is 5.00. The third-order valence-corrected chi connectivity index (χ3v) is 6.69. The molecular weight excluding hydrogens is 396 g/mol. The topological polar surface area (TPSA) is 72.2 Å². The van der Waals surface area contributed by atoms with Gasteiger partial charge in [-0.25, -0.2) is 0 Å². The van der Waals surface area contributed by atoms with Crippen LogP contribution in [0.2, 0.25) is 0 Å². The molecule has 3 atom stereocenters. The molecular formula is C23H32N4O4. The van der Waals surface area contributed by atoms with E-state index in [0.29, 0.717) is 35.9 Å². The first-order valence-electron chi connectivity index (χ1n) is 11.2. The Morgan fingerprint density at radius 2 is 1.94 bits per heavy atom. The number of nitrogens with zero attached hydrogens (tertiary/aromatic N) is 4. The lowest BCUT2D eigenvalue weighted by molar-refractivity contribution is 0.0664. The first kappa shape index (κ1) is 20.8. The van der Waals surface area contributed by atoms with Gasteiger partial charge in [-0.1, -0.05) is 6.07 Å². The second kappa shape index (κ2) is 9.16. The molecule has 8 nitrogen and oxygen atoms in total. The summed E-state index contributed by atoms with van der Waals surface area (Å²) in [5, 5.41) is 14.9. The molecule has 0 bridgehead atoms. The van der Waals surface area contributed by atoms with E-state index in [1.807, 2.05) is 35.3 Å². The van der Waals surface area contributed by atoms with Crippen molar-refractivity contribution in [3.63, 3.8) is 0 Å². The molecule has 4 heterocycles. The van der Waals surface area contributed by atoms with Crippen LogP contribution in [0.3, 0.4) is 0 Å². The summed E-state index contributed by atoms with van der Waals surface area (Å²) in [5.41, 5.74) is 1.18. The van der Waals surface area contributed by atoms with Crippen LogP contribution in [0.4, 0.5) is 0 Å². The SMILES string of the molecule is COc1ccc(CN2CC(n3cccn3)C2)cc1OCC(O)CN1C[C@H]2COC[C@H]2C1. The summed E-state index contributed by atoms with van der Waals surface area (Å²) in [6, 6.07) is 8.48. The lowest BCUT2D eigenvalue weighted by Gasteiger charge is -2.39. The number of β-amino-alcohol motifs (C(OH)–C–C–N with tert-alkyl or cyclic N) is 1. The van der Waals surface area contributed by atoms with E-state index < -0.39 is 6.10 Å². The second-order valence-electron chi connectivity index (χ2n) is 9.06. The smallest absolute Gasteiger partial charge is 0.161 e. The van der Waals surface area contributed by atoms with Gasteiger partial charge in [0.05, 0.1) is 26.4 Å². The Labute approximate surface area is 183 Å². The van der Waals surface area contributed by atoms with Gasteiger partial charge in [0.25, 0.3) is 0 Å². The Hall–Kier alpha value is -2.13. The fourth-order valence-corrected chi connectivity index (χ4v) is 5.00. The van der Waals surface area contributed by atoms with Crippen LogP contribution in [0.15, 0.2) is 36.7 Å². The van der Waals surface area contributed by atoms with E-state index in [4.69, 9.17) is 14.2 Å². The molecule has 1 unspecified atom stereocenters. The van der Waals surface area contributed by atoms with Crippen LogP contribution in [0.5, 0.6) is 11.5 Å². The van der Waals surface area contributed by atoms with E-state index in [1.54, 1.807) is 7.11 Å². The van der Waals surface area contributed by atoms with E-state index in [-0.39, 0.29) is 6.61 Å². The van der Waals surface area contributed by atoms with Crippen molar-refractivity contribution in [3.8, 4) is 11.5 Å². The Morgan fingerprint density at radius 1 is 1.13 bits per heavy atom. The van der Waals surface area contributed by atoms with Crippen LogP contribution in [0.25, 0.3) is 0 Å². The molecule has 0 saturated carbocycles. The summed E-state index contributed by atoms with van der Waals surface area (Å²) in [5.74, 6) is 2.63. The van der Waals surface area contributed by atoms with Crippen molar-refractivity contribution >= 4 is 0 Å². The molecule has 3 aliphatic rings. The van der Waals surface area contributed by atoms with Gasteiger partial charge < -0.3 is 19.3 Å². The number of aromatic nitrogens is 2. The normalized spacial score (nSPS) is 25.4. The second-order valence-corrected chi connectivity index (χ2v) is 9.06. The van der Waals surface area contributed by atoms with Gasteiger partial charge in [0.15, 0.2) is 11.5 Å². The molecule has 8 heteroatoms. The summed E-state index contributed by atoms with van der Waals surface area (Å²) < 4.78 is 19.0. The highest BCUT2D eigenvalue weighted by Gasteiger charge is 2.37. The zero-order valence-electron chi connectivity index (χ0n) is 18.1. The minimum Gasteiger partial charge on any atom is -0.493 e. The predicted molar refractivity (Wildman–Crippen MR) is 115 cm³/mol. The van der Waals surface area contributed by atoms with Crippen molar-refractivity contribution in [2.75, 3.05) is 59.7 Å². The molecule has 1 aromatic carbocycles. The average molecular weight is 429 g/mol. The molecule has 31 heavy (non-hydrogen) atoms. The summed E-state index contributed by atoms with van der Waals surface area (Å²) in [4.78, 5) is 4.72. The van der Waals surface area contributed by atoms with Gasteiger partial charge in [0.1, 0.15) is 12.7 Å². The maximum absolute atomic E-state index is 10.5. The molecule has 2 aromatic rings. The van der Waals surface area contributed by atoms with Crippen molar-refractivity contribution in [1.82, 2.24) is 19.6 Å². The third kappa shape index (κ3) is 4.72. The van der Waals surface area contributed by atoms with Crippen LogP contribution in [0, 0.1) is 11.8 Å². The van der Waals surface area contributed by atoms with Gasteiger partial charge in [0.2, 0.25) is 0 Å². The van der Waals surface area contributed by atoms with Crippen LogP contribution >= 0.6 is 0 Å². The average Bonchev–Trinajstić information content (AvgIpc) is 3.47. The molecule has 0 spiro atoms. The van der Waals surface area contributed by atoms with Gasteiger partial charge in [0, 0.05) is 63.5 Å². The first-order valence-corrected chi connectivity index (χ1v) is 11.2. The Morgan fingerprint density at radius 3 is 2.65 bits per heavy atom. The zero-order chi connectivity index (χ0) is 21.2. The predicted octanol–water partition coefficient (Wildman–Crippen LogP) is 1.27. The van der Waals surface area contributed by atoms with Crippen molar-refractivity contribution < 1.29 is 19.3 Å². The summed E-state index contributed by atoms with van der Waals surface area (Å²) in [7, 11) is 1.65.